The van der Waals surface area contributed by atoms with Crippen LogP contribution in [0.25, 0.3) is 10.9 Å². The summed E-state index contributed by atoms with van der Waals surface area (Å²) in [6.07, 6.45) is 2.15. The van der Waals surface area contributed by atoms with Gasteiger partial charge in [-0.25, -0.2) is 0 Å². The standard InChI is InChI=1S/C15H16N4O2/c16-12-3-5-18-13-7-9(1-2-10(12)13)8-19-6-4-11(14(17)20)15(19)21/h1-3,5,7,11H,4,6,8H2,(H2,16,18)(H2,17,20)/t11-/m1/s1. The number of rotatable bonds is 3. The molecule has 1 atom stereocenters. The fourth-order valence-electron chi connectivity index (χ4n) is 2.69. The first-order valence-electron chi connectivity index (χ1n) is 6.77. The third-order valence-electron chi connectivity index (χ3n) is 3.86. The Morgan fingerprint density at radius 3 is 2.90 bits per heavy atom. The van der Waals surface area contributed by atoms with Crippen molar-refractivity contribution in [2.75, 3.05) is 12.3 Å². The lowest BCUT2D eigenvalue weighted by Gasteiger charge is -2.16. The van der Waals surface area contributed by atoms with E-state index in [0.717, 1.165) is 16.5 Å². The molecule has 6 heteroatoms. The number of nitrogen functional groups attached to an aromatic ring is 1. The van der Waals surface area contributed by atoms with Gasteiger partial charge < -0.3 is 16.4 Å². The van der Waals surface area contributed by atoms with Crippen LogP contribution in [-0.4, -0.2) is 28.2 Å². The Balaban J connectivity index is 1.83. The third-order valence-corrected chi connectivity index (χ3v) is 3.86. The summed E-state index contributed by atoms with van der Waals surface area (Å²) in [5.41, 5.74) is 13.5. The Hall–Kier alpha value is -2.63. The minimum atomic E-state index is -0.681. The summed E-state index contributed by atoms with van der Waals surface area (Å²) < 4.78 is 0. The minimum Gasteiger partial charge on any atom is -0.398 e. The predicted octanol–water partition coefficient (Wildman–Crippen LogP) is 0.651. The number of nitrogens with zero attached hydrogens (tertiary/aromatic N) is 2. The van der Waals surface area contributed by atoms with E-state index in [1.807, 2.05) is 18.2 Å². The molecule has 1 aliphatic heterocycles. The third kappa shape index (κ3) is 2.40. The molecule has 0 radical (unpaired) electrons. The summed E-state index contributed by atoms with van der Waals surface area (Å²) in [5, 5.41) is 0.893. The highest BCUT2D eigenvalue weighted by molar-refractivity contribution is 6.00. The van der Waals surface area contributed by atoms with E-state index in [9.17, 15) is 9.59 Å². The maximum atomic E-state index is 12.1. The molecule has 1 aromatic carbocycles. The second-order valence-electron chi connectivity index (χ2n) is 5.26. The number of likely N-dealkylation sites (tertiary alicyclic amines) is 1. The van der Waals surface area contributed by atoms with Crippen LogP contribution in [0.3, 0.4) is 0 Å². The van der Waals surface area contributed by atoms with E-state index in [0.29, 0.717) is 25.2 Å². The molecular weight excluding hydrogens is 268 g/mol. The van der Waals surface area contributed by atoms with Crippen molar-refractivity contribution < 1.29 is 9.59 Å². The number of hydrogen-bond donors (Lipinski definition) is 2. The van der Waals surface area contributed by atoms with Crippen LogP contribution in [0, 0.1) is 5.92 Å². The number of benzene rings is 1. The zero-order valence-electron chi connectivity index (χ0n) is 11.5. The van der Waals surface area contributed by atoms with E-state index in [1.54, 1.807) is 17.2 Å². The second-order valence-corrected chi connectivity index (χ2v) is 5.26. The van der Waals surface area contributed by atoms with Gasteiger partial charge in [0, 0.05) is 30.4 Å². The van der Waals surface area contributed by atoms with Crippen molar-refractivity contribution in [1.29, 1.82) is 0 Å². The molecule has 2 heterocycles. The molecule has 0 saturated carbocycles. The van der Waals surface area contributed by atoms with Gasteiger partial charge in [0.2, 0.25) is 11.8 Å². The zero-order valence-corrected chi connectivity index (χ0v) is 11.5. The molecule has 1 fully saturated rings. The molecule has 6 nitrogen and oxygen atoms in total. The van der Waals surface area contributed by atoms with Crippen molar-refractivity contribution in [1.82, 2.24) is 9.88 Å². The number of pyridine rings is 1. The summed E-state index contributed by atoms with van der Waals surface area (Å²) >= 11 is 0. The molecular formula is C15H16N4O2. The van der Waals surface area contributed by atoms with Crippen molar-refractivity contribution in [3.05, 3.63) is 36.0 Å². The highest BCUT2D eigenvalue weighted by atomic mass is 16.2. The highest BCUT2D eigenvalue weighted by Crippen LogP contribution is 2.23. The number of anilines is 1. The molecule has 2 amide bonds. The SMILES string of the molecule is NC(=O)[C@H]1CCN(Cc2ccc3c(N)ccnc3c2)C1=O. The number of amides is 2. The van der Waals surface area contributed by atoms with Crippen LogP contribution in [0.5, 0.6) is 0 Å². The summed E-state index contributed by atoms with van der Waals surface area (Å²) in [6, 6.07) is 7.49. The van der Waals surface area contributed by atoms with Gasteiger partial charge in [-0.2, -0.15) is 0 Å². The fourth-order valence-corrected chi connectivity index (χ4v) is 2.69. The first-order valence-corrected chi connectivity index (χ1v) is 6.77. The molecule has 108 valence electrons. The smallest absolute Gasteiger partial charge is 0.235 e. The van der Waals surface area contributed by atoms with Crippen LogP contribution in [0.1, 0.15) is 12.0 Å². The molecule has 2 aromatic rings. The van der Waals surface area contributed by atoms with Crippen LogP contribution < -0.4 is 11.5 Å². The van der Waals surface area contributed by atoms with Crippen molar-refractivity contribution >= 4 is 28.4 Å². The number of nitrogens with two attached hydrogens (primary N) is 2. The molecule has 0 unspecified atom stereocenters. The van der Waals surface area contributed by atoms with Crippen LogP contribution in [-0.2, 0) is 16.1 Å². The van der Waals surface area contributed by atoms with Crippen LogP contribution in [0.4, 0.5) is 5.69 Å². The maximum absolute atomic E-state index is 12.1. The second kappa shape index (κ2) is 5.05. The van der Waals surface area contributed by atoms with Gasteiger partial charge in [0.05, 0.1) is 5.52 Å². The lowest BCUT2D eigenvalue weighted by Crippen LogP contribution is -2.33. The van der Waals surface area contributed by atoms with Crippen molar-refractivity contribution in [3.8, 4) is 0 Å². The Morgan fingerprint density at radius 1 is 1.38 bits per heavy atom. The topological polar surface area (TPSA) is 102 Å². The quantitative estimate of drug-likeness (QED) is 0.808. The zero-order chi connectivity index (χ0) is 15.0. The molecule has 0 spiro atoms. The van der Waals surface area contributed by atoms with Gasteiger partial charge in [-0.05, 0) is 24.1 Å². The van der Waals surface area contributed by atoms with Crippen LogP contribution >= 0.6 is 0 Å². The lowest BCUT2D eigenvalue weighted by atomic mass is 10.1. The van der Waals surface area contributed by atoms with Crippen LogP contribution in [0.15, 0.2) is 30.5 Å². The lowest BCUT2D eigenvalue weighted by molar-refractivity contribution is -0.136. The Kier molecular flexibility index (Phi) is 3.21. The van der Waals surface area contributed by atoms with Crippen molar-refractivity contribution in [3.63, 3.8) is 0 Å². The summed E-state index contributed by atoms with van der Waals surface area (Å²) in [4.78, 5) is 29.2. The molecule has 1 aliphatic rings. The molecule has 1 aromatic heterocycles. The fraction of sp³-hybridized carbons (Fsp3) is 0.267. The number of carbonyl (C=O) groups excluding carboxylic acids is 2. The summed E-state index contributed by atoms with van der Waals surface area (Å²) in [7, 11) is 0. The maximum Gasteiger partial charge on any atom is 0.235 e. The molecule has 0 aliphatic carbocycles. The normalized spacial score (nSPS) is 18.4. The Bertz CT molecular complexity index is 729. The average molecular weight is 284 g/mol. The Morgan fingerprint density at radius 2 is 2.19 bits per heavy atom. The molecule has 4 N–H and O–H groups in total. The van der Waals surface area contributed by atoms with E-state index in [2.05, 4.69) is 4.98 Å². The summed E-state index contributed by atoms with van der Waals surface area (Å²) in [5.74, 6) is -1.42. The minimum absolute atomic E-state index is 0.192. The van der Waals surface area contributed by atoms with Gasteiger partial charge in [0.1, 0.15) is 5.92 Å². The largest absolute Gasteiger partial charge is 0.398 e. The van der Waals surface area contributed by atoms with Crippen molar-refractivity contribution in [2.24, 2.45) is 11.7 Å². The number of fused-ring (bicyclic) bond motifs is 1. The van der Waals surface area contributed by atoms with E-state index in [1.165, 1.54) is 0 Å². The molecule has 0 bridgehead atoms. The first kappa shape index (κ1) is 13.4. The summed E-state index contributed by atoms with van der Waals surface area (Å²) in [6.45, 7) is 1.00. The predicted molar refractivity (Wildman–Crippen MR) is 78.9 cm³/mol. The Labute approximate surface area is 121 Å². The van der Waals surface area contributed by atoms with Gasteiger partial charge in [-0.15, -0.1) is 0 Å². The van der Waals surface area contributed by atoms with Gasteiger partial charge in [0.25, 0.3) is 0 Å². The van der Waals surface area contributed by atoms with E-state index in [-0.39, 0.29) is 5.91 Å². The monoisotopic (exact) mass is 284 g/mol. The number of primary amides is 1. The van der Waals surface area contributed by atoms with E-state index in [4.69, 9.17) is 11.5 Å². The van der Waals surface area contributed by atoms with E-state index >= 15 is 0 Å². The number of carbonyl (C=O) groups is 2. The van der Waals surface area contributed by atoms with Gasteiger partial charge in [-0.1, -0.05) is 12.1 Å². The highest BCUT2D eigenvalue weighted by Gasteiger charge is 2.35. The molecule has 21 heavy (non-hydrogen) atoms. The van der Waals surface area contributed by atoms with Crippen molar-refractivity contribution in [2.45, 2.75) is 13.0 Å². The van der Waals surface area contributed by atoms with E-state index < -0.39 is 11.8 Å². The average Bonchev–Trinajstić information content (AvgIpc) is 2.80. The number of aromatic nitrogens is 1. The molecule has 1 saturated heterocycles. The first-order chi connectivity index (χ1) is 10.1. The van der Waals surface area contributed by atoms with Gasteiger partial charge >= 0.3 is 0 Å². The molecule has 3 rings (SSSR count). The van der Waals surface area contributed by atoms with Gasteiger partial charge in [-0.3, -0.25) is 14.6 Å². The van der Waals surface area contributed by atoms with Crippen LogP contribution in [0.2, 0.25) is 0 Å². The number of hydrogen-bond acceptors (Lipinski definition) is 4. The van der Waals surface area contributed by atoms with Gasteiger partial charge in [0.15, 0.2) is 0 Å².